The summed E-state index contributed by atoms with van der Waals surface area (Å²) < 4.78 is 0. The van der Waals surface area contributed by atoms with E-state index in [9.17, 15) is 0 Å². The molecule has 0 saturated heterocycles. The van der Waals surface area contributed by atoms with E-state index in [0.717, 1.165) is 12.1 Å². The summed E-state index contributed by atoms with van der Waals surface area (Å²) >= 11 is 0. The largest absolute Gasteiger partial charge is 0.261 e. The third kappa shape index (κ3) is 4.36. The molecule has 1 aromatic rings. The Hall–Kier alpha value is -1.89. The van der Waals surface area contributed by atoms with Crippen molar-refractivity contribution in [1.29, 1.82) is 0 Å². The Labute approximate surface area is 117 Å². The van der Waals surface area contributed by atoms with E-state index in [4.69, 9.17) is 0 Å². The Morgan fingerprint density at radius 2 is 1.74 bits per heavy atom. The standard InChI is InChI=1S/C18H23N/c1-6-8-9-10-11-19-17(7-2)18-15(4)12-14(3)13-16(18)5/h6,8-13H,1,7H2,2-5H3/b9-8-,11-10+,19-17?. The minimum absolute atomic E-state index is 0.931. The maximum absolute atomic E-state index is 4.59. The molecule has 1 rings (SSSR count). The molecular formula is C18H23N. The predicted octanol–water partition coefficient (Wildman–Crippen LogP) is 5.07. The normalized spacial score (nSPS) is 12.5. The van der Waals surface area contributed by atoms with Crippen LogP contribution in [-0.2, 0) is 0 Å². The molecule has 0 aliphatic carbocycles. The van der Waals surface area contributed by atoms with Crippen molar-refractivity contribution in [3.8, 4) is 0 Å². The molecule has 1 nitrogen and oxygen atoms in total. The van der Waals surface area contributed by atoms with Crippen LogP contribution in [0.1, 0.15) is 35.6 Å². The van der Waals surface area contributed by atoms with Crippen molar-refractivity contribution < 1.29 is 0 Å². The fourth-order valence-corrected chi connectivity index (χ4v) is 2.29. The monoisotopic (exact) mass is 253 g/mol. The number of benzene rings is 1. The average molecular weight is 253 g/mol. The second-order valence-corrected chi connectivity index (χ2v) is 4.67. The van der Waals surface area contributed by atoms with E-state index in [1.807, 2.05) is 24.4 Å². The Kier molecular flexibility index (Phi) is 6.01. The van der Waals surface area contributed by atoms with Crippen LogP contribution in [0.15, 0.2) is 54.2 Å². The van der Waals surface area contributed by atoms with Crippen LogP contribution in [0, 0.1) is 20.8 Å². The SMILES string of the molecule is C=C/C=C\C=C\N=C(CC)c1c(C)cc(C)cc1C. The Morgan fingerprint density at radius 3 is 2.26 bits per heavy atom. The van der Waals surface area contributed by atoms with Gasteiger partial charge in [0.2, 0.25) is 0 Å². The van der Waals surface area contributed by atoms with Gasteiger partial charge < -0.3 is 0 Å². The zero-order valence-corrected chi connectivity index (χ0v) is 12.4. The van der Waals surface area contributed by atoms with Crippen molar-refractivity contribution in [2.45, 2.75) is 34.1 Å². The lowest BCUT2D eigenvalue weighted by molar-refractivity contribution is 1.22. The van der Waals surface area contributed by atoms with Crippen LogP contribution in [0.5, 0.6) is 0 Å². The first-order valence-corrected chi connectivity index (χ1v) is 6.69. The van der Waals surface area contributed by atoms with Gasteiger partial charge in [-0.25, -0.2) is 0 Å². The topological polar surface area (TPSA) is 12.4 Å². The molecule has 0 spiro atoms. The minimum atomic E-state index is 0.931. The summed E-state index contributed by atoms with van der Waals surface area (Å²) in [6.07, 6.45) is 10.3. The Bertz CT molecular complexity index is 508. The molecule has 0 amide bonds. The van der Waals surface area contributed by atoms with Gasteiger partial charge in [0.15, 0.2) is 0 Å². The number of hydrogen-bond acceptors (Lipinski definition) is 1. The van der Waals surface area contributed by atoms with Gasteiger partial charge in [-0.1, -0.05) is 49.4 Å². The molecule has 0 heterocycles. The van der Waals surface area contributed by atoms with Crippen molar-refractivity contribution in [2.75, 3.05) is 0 Å². The zero-order chi connectivity index (χ0) is 14.3. The average Bonchev–Trinajstić information content (AvgIpc) is 2.35. The quantitative estimate of drug-likeness (QED) is 0.513. The fourth-order valence-electron chi connectivity index (χ4n) is 2.29. The second-order valence-electron chi connectivity index (χ2n) is 4.67. The first-order chi connectivity index (χ1) is 9.10. The van der Waals surface area contributed by atoms with Gasteiger partial charge >= 0.3 is 0 Å². The molecule has 1 heteroatoms. The molecule has 0 unspecified atom stereocenters. The van der Waals surface area contributed by atoms with Crippen molar-refractivity contribution >= 4 is 5.71 Å². The molecule has 19 heavy (non-hydrogen) atoms. The van der Waals surface area contributed by atoms with Gasteiger partial charge in [-0.2, -0.15) is 0 Å². The number of hydrogen-bond donors (Lipinski definition) is 0. The van der Waals surface area contributed by atoms with Gasteiger partial charge in [-0.15, -0.1) is 0 Å². The molecule has 100 valence electrons. The number of allylic oxidation sites excluding steroid dienone is 4. The highest BCUT2D eigenvalue weighted by Crippen LogP contribution is 2.19. The third-order valence-electron chi connectivity index (χ3n) is 2.98. The van der Waals surface area contributed by atoms with E-state index in [-0.39, 0.29) is 0 Å². The van der Waals surface area contributed by atoms with Gasteiger partial charge in [-0.3, -0.25) is 4.99 Å². The summed E-state index contributed by atoms with van der Waals surface area (Å²) in [6, 6.07) is 4.43. The molecular weight excluding hydrogens is 230 g/mol. The number of nitrogens with zero attached hydrogens (tertiary/aromatic N) is 1. The van der Waals surface area contributed by atoms with Gasteiger partial charge in [0.1, 0.15) is 0 Å². The van der Waals surface area contributed by atoms with Gasteiger partial charge in [0, 0.05) is 17.5 Å². The summed E-state index contributed by atoms with van der Waals surface area (Å²) in [5.74, 6) is 0. The lowest BCUT2D eigenvalue weighted by Crippen LogP contribution is -2.05. The van der Waals surface area contributed by atoms with E-state index >= 15 is 0 Å². The van der Waals surface area contributed by atoms with E-state index in [0.29, 0.717) is 0 Å². The van der Waals surface area contributed by atoms with E-state index in [1.165, 1.54) is 22.3 Å². The summed E-state index contributed by atoms with van der Waals surface area (Å²) in [5, 5.41) is 0. The maximum Gasteiger partial charge on any atom is 0.0478 e. The van der Waals surface area contributed by atoms with Gasteiger partial charge in [-0.05, 0) is 44.4 Å². The fraction of sp³-hybridized carbons (Fsp3) is 0.278. The Balaban J connectivity index is 3.10. The third-order valence-corrected chi connectivity index (χ3v) is 2.98. The highest BCUT2D eigenvalue weighted by Gasteiger charge is 2.08. The molecule has 0 fully saturated rings. The molecule has 0 radical (unpaired) electrons. The molecule has 0 N–H and O–H groups in total. The van der Waals surface area contributed by atoms with Crippen LogP contribution < -0.4 is 0 Å². The molecule has 0 aromatic heterocycles. The first kappa shape index (κ1) is 15.2. The summed E-state index contributed by atoms with van der Waals surface area (Å²) in [4.78, 5) is 4.59. The van der Waals surface area contributed by atoms with Gasteiger partial charge in [0.05, 0.1) is 0 Å². The highest BCUT2D eigenvalue weighted by molar-refractivity contribution is 6.03. The first-order valence-electron chi connectivity index (χ1n) is 6.69. The maximum atomic E-state index is 4.59. The summed E-state index contributed by atoms with van der Waals surface area (Å²) in [7, 11) is 0. The number of aryl methyl sites for hydroxylation is 3. The van der Waals surface area contributed by atoms with Crippen LogP contribution in [0.4, 0.5) is 0 Å². The van der Waals surface area contributed by atoms with Crippen molar-refractivity contribution in [2.24, 2.45) is 4.99 Å². The smallest absolute Gasteiger partial charge is 0.0478 e. The van der Waals surface area contributed by atoms with Gasteiger partial charge in [0.25, 0.3) is 0 Å². The lowest BCUT2D eigenvalue weighted by atomic mass is 9.95. The summed E-state index contributed by atoms with van der Waals surface area (Å²) in [5.41, 5.74) is 6.32. The zero-order valence-electron chi connectivity index (χ0n) is 12.4. The van der Waals surface area contributed by atoms with E-state index in [1.54, 1.807) is 6.08 Å². The van der Waals surface area contributed by atoms with Crippen LogP contribution in [-0.4, -0.2) is 5.71 Å². The lowest BCUT2D eigenvalue weighted by Gasteiger charge is -2.12. The number of rotatable bonds is 5. The Morgan fingerprint density at radius 1 is 1.11 bits per heavy atom. The highest BCUT2D eigenvalue weighted by atomic mass is 14.7. The molecule has 0 saturated carbocycles. The molecule has 0 aliphatic rings. The molecule has 0 bridgehead atoms. The second kappa shape index (κ2) is 7.52. The minimum Gasteiger partial charge on any atom is -0.261 e. The van der Waals surface area contributed by atoms with Crippen LogP contribution in [0.3, 0.4) is 0 Å². The number of aliphatic imine (C=N–C) groups is 1. The van der Waals surface area contributed by atoms with Crippen LogP contribution in [0.25, 0.3) is 0 Å². The molecule has 0 aliphatic heterocycles. The van der Waals surface area contributed by atoms with Crippen LogP contribution in [0.2, 0.25) is 0 Å². The molecule has 1 aromatic carbocycles. The van der Waals surface area contributed by atoms with Crippen LogP contribution >= 0.6 is 0 Å². The van der Waals surface area contributed by atoms with Crippen molar-refractivity contribution in [1.82, 2.24) is 0 Å². The summed E-state index contributed by atoms with van der Waals surface area (Å²) in [6.45, 7) is 12.2. The predicted molar refractivity (Wildman–Crippen MR) is 86.0 cm³/mol. The van der Waals surface area contributed by atoms with Crippen molar-refractivity contribution in [3.63, 3.8) is 0 Å². The van der Waals surface area contributed by atoms with Crippen molar-refractivity contribution in [3.05, 3.63) is 71.5 Å². The molecule has 0 atom stereocenters. The van der Waals surface area contributed by atoms with E-state index < -0.39 is 0 Å². The van der Waals surface area contributed by atoms with E-state index in [2.05, 4.69) is 51.4 Å².